The van der Waals surface area contributed by atoms with Crippen LogP contribution in [0.1, 0.15) is 33.1 Å². The second kappa shape index (κ2) is 5.33. The lowest BCUT2D eigenvalue weighted by atomic mass is 10.1. The third-order valence-corrected chi connectivity index (χ3v) is 1.71. The van der Waals surface area contributed by atoms with Crippen molar-refractivity contribution < 1.29 is 0 Å². The topological polar surface area (TPSA) is 26.0 Å². The first-order chi connectivity index (χ1) is 3.62. The van der Waals surface area contributed by atoms with Crippen molar-refractivity contribution in [3.8, 4) is 0 Å². The minimum Gasteiger partial charge on any atom is -0.313 e. The number of hydrogen-bond donors (Lipinski definition) is 1. The molecular weight excluding hydrogens is 157 g/mol. The van der Waals surface area contributed by atoms with Crippen molar-refractivity contribution in [3.63, 3.8) is 0 Å². The second-order valence-corrected chi connectivity index (χ2v) is 2.89. The lowest BCUT2D eigenvalue weighted by Gasteiger charge is -2.17. The van der Waals surface area contributed by atoms with Gasteiger partial charge in [0.1, 0.15) is 0 Å². The Morgan fingerprint density at radius 3 is 2.00 bits per heavy atom. The van der Waals surface area contributed by atoms with Crippen molar-refractivity contribution in [1.82, 2.24) is 0 Å². The molecule has 0 saturated heterocycles. The summed E-state index contributed by atoms with van der Waals surface area (Å²) in [6.45, 7) is 4.09. The Kier molecular flexibility index (Phi) is 7.25. The molecule has 0 spiro atoms. The highest BCUT2D eigenvalue weighted by molar-refractivity contribution is 6.23. The van der Waals surface area contributed by atoms with Gasteiger partial charge in [-0.25, -0.2) is 0 Å². The summed E-state index contributed by atoms with van der Waals surface area (Å²) in [4.78, 5) is -0.436. The first-order valence-electron chi connectivity index (χ1n) is 3.10. The van der Waals surface area contributed by atoms with Crippen molar-refractivity contribution in [2.45, 2.75) is 38.1 Å². The third kappa shape index (κ3) is 6.42. The van der Waals surface area contributed by atoms with Gasteiger partial charge in [-0.1, -0.05) is 20.3 Å². The van der Waals surface area contributed by atoms with E-state index in [0.717, 1.165) is 19.3 Å². The molecule has 1 atom stereocenters. The molecule has 0 bridgehead atoms. The van der Waals surface area contributed by atoms with Crippen LogP contribution in [-0.4, -0.2) is 5.00 Å². The zero-order valence-electron chi connectivity index (χ0n) is 5.98. The number of rotatable bonds is 3. The molecule has 1 unspecified atom stereocenters. The maximum absolute atomic E-state index is 5.80. The number of alkyl halides is 1. The molecular formula is C6H15Cl2N. The summed E-state index contributed by atoms with van der Waals surface area (Å²) in [5.41, 5.74) is 5.59. The summed E-state index contributed by atoms with van der Waals surface area (Å²) in [5, 5.41) is 0. The monoisotopic (exact) mass is 171 g/mol. The van der Waals surface area contributed by atoms with Crippen molar-refractivity contribution in [1.29, 1.82) is 0 Å². The number of nitrogens with two attached hydrogens (primary N) is 1. The quantitative estimate of drug-likeness (QED) is 0.513. The van der Waals surface area contributed by atoms with E-state index in [9.17, 15) is 0 Å². The van der Waals surface area contributed by atoms with E-state index in [0.29, 0.717) is 0 Å². The molecule has 0 radical (unpaired) electrons. The van der Waals surface area contributed by atoms with Crippen LogP contribution in [0.15, 0.2) is 0 Å². The molecule has 58 valence electrons. The molecule has 3 heteroatoms. The van der Waals surface area contributed by atoms with E-state index in [2.05, 4.69) is 6.92 Å². The van der Waals surface area contributed by atoms with Gasteiger partial charge in [0.25, 0.3) is 0 Å². The largest absolute Gasteiger partial charge is 0.313 e. The molecule has 0 aromatic carbocycles. The fourth-order valence-corrected chi connectivity index (χ4v) is 0.781. The van der Waals surface area contributed by atoms with E-state index in [-0.39, 0.29) is 12.4 Å². The second-order valence-electron chi connectivity index (χ2n) is 2.14. The summed E-state index contributed by atoms with van der Waals surface area (Å²) in [6, 6.07) is 0. The first kappa shape index (κ1) is 12.2. The Bertz CT molecular complexity index is 64.1. The smallest absolute Gasteiger partial charge is 0.0908 e. The van der Waals surface area contributed by atoms with Crippen LogP contribution in [0.5, 0.6) is 0 Å². The van der Waals surface area contributed by atoms with E-state index >= 15 is 0 Å². The van der Waals surface area contributed by atoms with Crippen LogP contribution in [0.4, 0.5) is 0 Å². The zero-order valence-corrected chi connectivity index (χ0v) is 7.56. The highest BCUT2D eigenvalue weighted by Crippen LogP contribution is 2.17. The van der Waals surface area contributed by atoms with E-state index in [1.165, 1.54) is 0 Å². The van der Waals surface area contributed by atoms with Crippen molar-refractivity contribution in [2.24, 2.45) is 5.73 Å². The molecule has 0 rings (SSSR count). The van der Waals surface area contributed by atoms with Gasteiger partial charge in [-0.3, -0.25) is 0 Å². The van der Waals surface area contributed by atoms with Crippen LogP contribution >= 0.6 is 24.0 Å². The Balaban J connectivity index is 0. The Morgan fingerprint density at radius 1 is 1.44 bits per heavy atom. The summed E-state index contributed by atoms with van der Waals surface area (Å²) in [7, 11) is 0. The Morgan fingerprint density at radius 2 is 1.89 bits per heavy atom. The van der Waals surface area contributed by atoms with Gasteiger partial charge in [0.2, 0.25) is 0 Å². The van der Waals surface area contributed by atoms with Crippen LogP contribution in [0.2, 0.25) is 0 Å². The predicted molar refractivity (Wildman–Crippen MR) is 45.2 cm³/mol. The average molecular weight is 172 g/mol. The molecule has 0 heterocycles. The standard InChI is InChI=1S/C6H14ClN.ClH/c1-3-5-6(7,8)4-2;/h3-5,8H2,1-2H3;1H. The molecule has 0 aromatic rings. The normalized spacial score (nSPS) is 16.0. The van der Waals surface area contributed by atoms with Gasteiger partial charge in [0.05, 0.1) is 5.00 Å². The molecule has 1 nitrogen and oxygen atoms in total. The summed E-state index contributed by atoms with van der Waals surface area (Å²) < 4.78 is 0. The minimum atomic E-state index is -0.436. The zero-order chi connectivity index (χ0) is 6.62. The van der Waals surface area contributed by atoms with Crippen LogP contribution in [0.25, 0.3) is 0 Å². The van der Waals surface area contributed by atoms with Crippen LogP contribution in [0, 0.1) is 0 Å². The molecule has 0 fully saturated rings. The van der Waals surface area contributed by atoms with E-state index < -0.39 is 5.00 Å². The van der Waals surface area contributed by atoms with Gasteiger partial charge in [-0.2, -0.15) is 0 Å². The molecule has 9 heavy (non-hydrogen) atoms. The molecule has 0 aliphatic heterocycles. The number of halogens is 2. The minimum absolute atomic E-state index is 0. The van der Waals surface area contributed by atoms with Crippen molar-refractivity contribution >= 4 is 24.0 Å². The molecule has 0 aromatic heterocycles. The molecule has 0 aliphatic rings. The Labute approximate surface area is 68.4 Å². The van der Waals surface area contributed by atoms with Crippen molar-refractivity contribution in [2.75, 3.05) is 0 Å². The highest BCUT2D eigenvalue weighted by Gasteiger charge is 2.15. The average Bonchev–Trinajstić information content (AvgIpc) is 1.67. The van der Waals surface area contributed by atoms with Crippen molar-refractivity contribution in [3.05, 3.63) is 0 Å². The lowest BCUT2D eigenvalue weighted by molar-refractivity contribution is 0.524. The Hall–Kier alpha value is 0.540. The summed E-state index contributed by atoms with van der Waals surface area (Å²) in [6.07, 6.45) is 2.82. The van der Waals surface area contributed by atoms with Gasteiger partial charge in [0.15, 0.2) is 0 Å². The first-order valence-corrected chi connectivity index (χ1v) is 3.48. The van der Waals surface area contributed by atoms with Gasteiger partial charge >= 0.3 is 0 Å². The van der Waals surface area contributed by atoms with E-state index in [1.807, 2.05) is 6.92 Å². The summed E-state index contributed by atoms with van der Waals surface area (Å²) in [5.74, 6) is 0. The fourth-order valence-electron chi connectivity index (χ4n) is 0.592. The predicted octanol–water partition coefficient (Wildman–Crippen LogP) is 2.51. The van der Waals surface area contributed by atoms with Gasteiger partial charge < -0.3 is 5.73 Å². The summed E-state index contributed by atoms with van der Waals surface area (Å²) >= 11 is 5.80. The van der Waals surface area contributed by atoms with Gasteiger partial charge in [-0.15, -0.1) is 24.0 Å². The SMILES string of the molecule is CCCC(N)(Cl)CC.Cl. The van der Waals surface area contributed by atoms with E-state index in [4.69, 9.17) is 17.3 Å². The van der Waals surface area contributed by atoms with Crippen LogP contribution < -0.4 is 5.73 Å². The van der Waals surface area contributed by atoms with E-state index in [1.54, 1.807) is 0 Å². The van der Waals surface area contributed by atoms with Gasteiger partial charge in [-0.05, 0) is 12.8 Å². The fraction of sp³-hybridized carbons (Fsp3) is 1.00. The maximum atomic E-state index is 5.80. The molecule has 0 aliphatic carbocycles. The van der Waals surface area contributed by atoms with Gasteiger partial charge in [0, 0.05) is 0 Å². The molecule has 0 saturated carbocycles. The van der Waals surface area contributed by atoms with Crippen LogP contribution in [0.3, 0.4) is 0 Å². The highest BCUT2D eigenvalue weighted by atomic mass is 35.5. The molecule has 0 amide bonds. The molecule has 2 N–H and O–H groups in total. The third-order valence-electron chi connectivity index (χ3n) is 1.25. The van der Waals surface area contributed by atoms with Crippen LogP contribution in [-0.2, 0) is 0 Å². The lowest BCUT2D eigenvalue weighted by Crippen LogP contribution is -2.31. The maximum Gasteiger partial charge on any atom is 0.0908 e. The number of hydrogen-bond acceptors (Lipinski definition) is 1.